The number of hydrogen-bond acceptors (Lipinski definition) is 2. The molecule has 0 heterocycles. The minimum absolute atomic E-state index is 0.0712. The van der Waals surface area contributed by atoms with Gasteiger partial charge < -0.3 is 10.0 Å². The van der Waals surface area contributed by atoms with Gasteiger partial charge in [0.2, 0.25) is 0 Å². The van der Waals surface area contributed by atoms with Crippen molar-refractivity contribution in [2.75, 3.05) is 18.5 Å². The fourth-order valence-electron chi connectivity index (χ4n) is 1.75. The number of hydrogen-bond donors (Lipinski definition) is 1. The highest BCUT2D eigenvalue weighted by Gasteiger charge is 2.24. The predicted molar refractivity (Wildman–Crippen MR) is 65.6 cm³/mol. The third-order valence-corrected chi connectivity index (χ3v) is 2.91. The normalized spacial score (nSPS) is 12.6. The van der Waals surface area contributed by atoms with Gasteiger partial charge in [-0.15, -0.1) is 0 Å². The molecule has 0 aromatic heterocycles. The molecule has 1 N–H and O–H groups in total. The van der Waals surface area contributed by atoms with Crippen LogP contribution in [0, 0.1) is 23.5 Å². The lowest BCUT2D eigenvalue weighted by molar-refractivity contribution is -0.142. The highest BCUT2D eigenvalue weighted by molar-refractivity contribution is 5.71. The Balaban J connectivity index is 2.90. The van der Waals surface area contributed by atoms with Crippen molar-refractivity contribution in [3.8, 4) is 0 Å². The van der Waals surface area contributed by atoms with E-state index in [1.54, 1.807) is 20.9 Å². The Labute approximate surface area is 105 Å². The second-order valence-electron chi connectivity index (χ2n) is 4.67. The number of carboxylic acids is 1. The van der Waals surface area contributed by atoms with E-state index in [0.29, 0.717) is 0 Å². The summed E-state index contributed by atoms with van der Waals surface area (Å²) in [6.45, 7) is 3.70. The first-order valence-corrected chi connectivity index (χ1v) is 5.72. The van der Waals surface area contributed by atoms with Crippen LogP contribution < -0.4 is 4.90 Å². The van der Waals surface area contributed by atoms with Crippen molar-refractivity contribution in [2.24, 2.45) is 11.8 Å². The average molecular weight is 257 g/mol. The maximum Gasteiger partial charge on any atom is 0.308 e. The molecule has 1 aromatic rings. The number of carboxylic acid groups (broad SMARTS) is 1. The molecule has 3 nitrogen and oxygen atoms in total. The van der Waals surface area contributed by atoms with Crippen LogP contribution in [0.5, 0.6) is 0 Å². The van der Waals surface area contributed by atoms with Gasteiger partial charge in [-0.2, -0.15) is 0 Å². The summed E-state index contributed by atoms with van der Waals surface area (Å²) in [6, 6.07) is 3.13. The number of benzene rings is 1. The average Bonchev–Trinajstić information content (AvgIpc) is 2.28. The van der Waals surface area contributed by atoms with Crippen LogP contribution in [0.4, 0.5) is 14.5 Å². The summed E-state index contributed by atoms with van der Waals surface area (Å²) in [7, 11) is 1.55. The number of aliphatic carboxylic acids is 1. The minimum Gasteiger partial charge on any atom is -0.481 e. The third kappa shape index (κ3) is 3.42. The Morgan fingerprint density at radius 3 is 2.50 bits per heavy atom. The monoisotopic (exact) mass is 257 g/mol. The summed E-state index contributed by atoms with van der Waals surface area (Å²) in [5, 5.41) is 9.07. The van der Waals surface area contributed by atoms with Crippen LogP contribution in [0.3, 0.4) is 0 Å². The highest BCUT2D eigenvalue weighted by atomic mass is 19.1. The van der Waals surface area contributed by atoms with Gasteiger partial charge in [0.1, 0.15) is 11.6 Å². The van der Waals surface area contributed by atoms with E-state index in [1.807, 2.05) is 0 Å². The second-order valence-corrected chi connectivity index (χ2v) is 4.67. The molecule has 1 rings (SSSR count). The smallest absolute Gasteiger partial charge is 0.308 e. The van der Waals surface area contributed by atoms with E-state index < -0.39 is 23.5 Å². The number of halogens is 2. The van der Waals surface area contributed by atoms with Crippen molar-refractivity contribution in [3.05, 3.63) is 29.8 Å². The van der Waals surface area contributed by atoms with E-state index in [0.717, 1.165) is 18.2 Å². The molecule has 0 radical (unpaired) electrons. The van der Waals surface area contributed by atoms with Crippen LogP contribution in [0.2, 0.25) is 0 Å². The molecule has 100 valence electrons. The van der Waals surface area contributed by atoms with Crippen LogP contribution in [-0.4, -0.2) is 24.7 Å². The molecule has 0 spiro atoms. The van der Waals surface area contributed by atoms with Crippen LogP contribution in [0.25, 0.3) is 0 Å². The SMILES string of the molecule is CC(C)C(CN(C)c1cc(F)ccc1F)C(=O)O. The first kappa shape index (κ1) is 14.4. The van der Waals surface area contributed by atoms with Crippen molar-refractivity contribution >= 4 is 11.7 Å². The molecule has 1 atom stereocenters. The van der Waals surface area contributed by atoms with Gasteiger partial charge in [0.15, 0.2) is 0 Å². The van der Waals surface area contributed by atoms with E-state index in [2.05, 4.69) is 0 Å². The lowest BCUT2D eigenvalue weighted by Gasteiger charge is -2.25. The van der Waals surface area contributed by atoms with Gasteiger partial charge >= 0.3 is 5.97 Å². The second kappa shape index (κ2) is 5.80. The van der Waals surface area contributed by atoms with E-state index in [1.165, 1.54) is 4.90 Å². The fraction of sp³-hybridized carbons (Fsp3) is 0.462. The summed E-state index contributed by atoms with van der Waals surface area (Å²) in [5.41, 5.74) is 0.0712. The van der Waals surface area contributed by atoms with Crippen molar-refractivity contribution in [3.63, 3.8) is 0 Å². The van der Waals surface area contributed by atoms with E-state index in [9.17, 15) is 13.6 Å². The van der Waals surface area contributed by atoms with Crippen molar-refractivity contribution < 1.29 is 18.7 Å². The lowest BCUT2D eigenvalue weighted by atomic mass is 9.95. The lowest BCUT2D eigenvalue weighted by Crippen LogP contribution is -2.34. The summed E-state index contributed by atoms with van der Waals surface area (Å²) >= 11 is 0. The summed E-state index contributed by atoms with van der Waals surface area (Å²) in [5.74, 6) is -2.76. The predicted octanol–water partition coefficient (Wildman–Crippen LogP) is 2.76. The Morgan fingerprint density at radius 1 is 1.39 bits per heavy atom. The van der Waals surface area contributed by atoms with Gasteiger partial charge in [-0.25, -0.2) is 8.78 Å². The quantitative estimate of drug-likeness (QED) is 0.881. The zero-order chi connectivity index (χ0) is 13.9. The number of rotatable bonds is 5. The Bertz CT molecular complexity index is 435. The Kier molecular flexibility index (Phi) is 4.64. The molecule has 1 aromatic carbocycles. The third-order valence-electron chi connectivity index (χ3n) is 2.91. The largest absolute Gasteiger partial charge is 0.481 e. The van der Waals surface area contributed by atoms with E-state index in [-0.39, 0.29) is 18.2 Å². The standard InChI is InChI=1S/C13H17F2NO2/c1-8(2)10(13(17)18)7-16(3)12-6-9(14)4-5-11(12)15/h4-6,8,10H,7H2,1-3H3,(H,17,18). The molecule has 0 saturated carbocycles. The molecule has 0 saturated heterocycles. The van der Waals surface area contributed by atoms with Crippen molar-refractivity contribution in [2.45, 2.75) is 13.8 Å². The van der Waals surface area contributed by atoms with Crippen LogP contribution in [0.15, 0.2) is 18.2 Å². The van der Waals surface area contributed by atoms with Gasteiger partial charge in [0.25, 0.3) is 0 Å². The topological polar surface area (TPSA) is 40.5 Å². The maximum atomic E-state index is 13.5. The molecule has 0 aliphatic heterocycles. The summed E-state index contributed by atoms with van der Waals surface area (Å²) in [4.78, 5) is 12.5. The molecule has 18 heavy (non-hydrogen) atoms. The molecule has 1 unspecified atom stereocenters. The van der Waals surface area contributed by atoms with Gasteiger partial charge in [-0.3, -0.25) is 4.79 Å². The molecular formula is C13H17F2NO2. The highest BCUT2D eigenvalue weighted by Crippen LogP contribution is 2.22. The minimum atomic E-state index is -0.936. The summed E-state index contributed by atoms with van der Waals surface area (Å²) < 4.78 is 26.6. The van der Waals surface area contributed by atoms with Gasteiger partial charge in [-0.1, -0.05) is 13.8 Å². The van der Waals surface area contributed by atoms with Crippen molar-refractivity contribution in [1.29, 1.82) is 0 Å². The molecule has 0 amide bonds. The van der Waals surface area contributed by atoms with Gasteiger partial charge in [0.05, 0.1) is 11.6 Å². The molecule has 0 fully saturated rings. The number of anilines is 1. The van der Waals surface area contributed by atoms with Gasteiger partial charge in [-0.05, 0) is 18.1 Å². The zero-order valence-corrected chi connectivity index (χ0v) is 10.7. The number of nitrogens with zero attached hydrogens (tertiary/aromatic N) is 1. The molecular weight excluding hydrogens is 240 g/mol. The molecule has 5 heteroatoms. The molecule has 0 aliphatic carbocycles. The van der Waals surface area contributed by atoms with Gasteiger partial charge in [0, 0.05) is 19.7 Å². The molecule has 0 aliphatic rings. The van der Waals surface area contributed by atoms with Crippen molar-refractivity contribution in [1.82, 2.24) is 0 Å². The summed E-state index contributed by atoms with van der Waals surface area (Å²) in [6.07, 6.45) is 0. The van der Waals surface area contributed by atoms with E-state index >= 15 is 0 Å². The fourth-order valence-corrected chi connectivity index (χ4v) is 1.75. The van der Waals surface area contributed by atoms with E-state index in [4.69, 9.17) is 5.11 Å². The maximum absolute atomic E-state index is 13.5. The Hall–Kier alpha value is -1.65. The zero-order valence-electron chi connectivity index (χ0n) is 10.7. The number of carbonyl (C=O) groups is 1. The molecule has 0 bridgehead atoms. The first-order valence-electron chi connectivity index (χ1n) is 5.72. The first-order chi connectivity index (χ1) is 8.32. The van der Waals surface area contributed by atoms with Crippen LogP contribution >= 0.6 is 0 Å². The Morgan fingerprint density at radius 2 is 2.00 bits per heavy atom. The van der Waals surface area contributed by atoms with Crippen LogP contribution in [-0.2, 0) is 4.79 Å². The van der Waals surface area contributed by atoms with Crippen LogP contribution in [0.1, 0.15) is 13.8 Å².